The first kappa shape index (κ1) is 14.5. The van der Waals surface area contributed by atoms with Crippen LogP contribution < -0.4 is 10.0 Å². The molecule has 6 nitrogen and oxygen atoms in total. The minimum absolute atomic E-state index is 0.184. The van der Waals surface area contributed by atoms with E-state index in [0.717, 1.165) is 17.6 Å². The molecule has 2 rings (SSSR count). The Morgan fingerprint density at radius 2 is 1.90 bits per heavy atom. The molecule has 1 heterocycles. The summed E-state index contributed by atoms with van der Waals surface area (Å²) in [6.07, 6.45) is 1.04. The number of nitrogens with zero attached hydrogens (tertiary/aromatic N) is 1. The Morgan fingerprint density at radius 3 is 2.50 bits per heavy atom. The highest BCUT2D eigenvalue weighted by atomic mass is 32.2. The lowest BCUT2D eigenvalue weighted by Gasteiger charge is -2.02. The van der Waals surface area contributed by atoms with E-state index in [0.29, 0.717) is 16.3 Å². The molecule has 1 aromatic heterocycles. The number of benzene rings is 1. The van der Waals surface area contributed by atoms with Gasteiger partial charge in [-0.1, -0.05) is 29.5 Å². The van der Waals surface area contributed by atoms with Crippen LogP contribution in [0.1, 0.15) is 15.4 Å². The summed E-state index contributed by atoms with van der Waals surface area (Å²) in [4.78, 5) is 16.5. The van der Waals surface area contributed by atoms with Crippen molar-refractivity contribution in [3.63, 3.8) is 0 Å². The van der Waals surface area contributed by atoms with Crippen molar-refractivity contribution < 1.29 is 13.2 Å². The third-order valence-corrected chi connectivity index (χ3v) is 4.07. The van der Waals surface area contributed by atoms with Crippen LogP contribution in [0.5, 0.6) is 0 Å². The molecule has 0 aliphatic heterocycles. The molecule has 8 heteroatoms. The Hall–Kier alpha value is -1.93. The molecule has 0 fully saturated rings. The summed E-state index contributed by atoms with van der Waals surface area (Å²) in [6.45, 7) is 1.66. The zero-order chi connectivity index (χ0) is 14.8. The second kappa shape index (κ2) is 5.59. The van der Waals surface area contributed by atoms with E-state index in [1.807, 2.05) is 18.2 Å². The van der Waals surface area contributed by atoms with Gasteiger partial charge in [0, 0.05) is 5.69 Å². The molecule has 2 aromatic rings. The summed E-state index contributed by atoms with van der Waals surface area (Å²) >= 11 is 1.00. The molecular weight excluding hydrogens is 298 g/mol. The van der Waals surface area contributed by atoms with Crippen LogP contribution in [0.25, 0.3) is 0 Å². The van der Waals surface area contributed by atoms with Gasteiger partial charge in [-0.3, -0.25) is 9.52 Å². The van der Waals surface area contributed by atoms with Gasteiger partial charge in [0.25, 0.3) is 5.91 Å². The number of sulfonamides is 1. The van der Waals surface area contributed by atoms with E-state index in [4.69, 9.17) is 0 Å². The maximum atomic E-state index is 12.1. The number of aryl methyl sites for hydroxylation is 1. The van der Waals surface area contributed by atoms with Crippen LogP contribution in [0, 0.1) is 6.92 Å². The van der Waals surface area contributed by atoms with Crippen molar-refractivity contribution in [2.24, 2.45) is 0 Å². The molecule has 0 unspecified atom stereocenters. The highest BCUT2D eigenvalue weighted by Crippen LogP contribution is 2.24. The van der Waals surface area contributed by atoms with Gasteiger partial charge >= 0.3 is 0 Å². The first-order chi connectivity index (χ1) is 9.35. The number of carbonyl (C=O) groups excluding carboxylic acids is 1. The number of amides is 1. The third-order valence-electron chi connectivity index (χ3n) is 2.31. The minimum atomic E-state index is -3.40. The van der Waals surface area contributed by atoms with Crippen LogP contribution in [0.15, 0.2) is 30.3 Å². The number of carbonyl (C=O) groups is 1. The summed E-state index contributed by atoms with van der Waals surface area (Å²) < 4.78 is 24.5. The summed E-state index contributed by atoms with van der Waals surface area (Å²) in [5.41, 5.74) is 1.15. The lowest BCUT2D eigenvalue weighted by atomic mass is 10.3. The second-order valence-electron chi connectivity index (χ2n) is 4.13. The molecule has 0 saturated heterocycles. The van der Waals surface area contributed by atoms with Crippen LogP contribution in [-0.2, 0) is 10.0 Å². The van der Waals surface area contributed by atoms with Crippen LogP contribution >= 0.6 is 11.3 Å². The lowest BCUT2D eigenvalue weighted by Crippen LogP contribution is -2.11. The number of para-hydroxylation sites is 1. The molecule has 1 aromatic carbocycles. The Morgan fingerprint density at radius 1 is 1.25 bits per heavy atom. The quantitative estimate of drug-likeness (QED) is 0.905. The smallest absolute Gasteiger partial charge is 0.267 e. The summed E-state index contributed by atoms with van der Waals surface area (Å²) in [5.74, 6) is -0.312. The number of hydrogen-bond donors (Lipinski definition) is 2. The van der Waals surface area contributed by atoms with E-state index in [1.165, 1.54) is 0 Å². The topological polar surface area (TPSA) is 88.2 Å². The summed E-state index contributed by atoms with van der Waals surface area (Å²) in [5, 5.41) is 2.91. The Labute approximate surface area is 120 Å². The number of rotatable bonds is 4. The molecule has 106 valence electrons. The normalized spacial score (nSPS) is 11.1. The number of thiazole rings is 1. The van der Waals surface area contributed by atoms with Crippen LogP contribution in [0.3, 0.4) is 0 Å². The number of nitrogens with one attached hydrogen (secondary N) is 2. The van der Waals surface area contributed by atoms with E-state index in [2.05, 4.69) is 15.0 Å². The molecule has 0 bridgehead atoms. The van der Waals surface area contributed by atoms with E-state index >= 15 is 0 Å². The average Bonchev–Trinajstić information content (AvgIpc) is 2.69. The van der Waals surface area contributed by atoms with Gasteiger partial charge in [0.1, 0.15) is 4.88 Å². The predicted molar refractivity (Wildman–Crippen MR) is 79.7 cm³/mol. The zero-order valence-electron chi connectivity index (χ0n) is 10.9. The molecule has 0 aliphatic rings. The van der Waals surface area contributed by atoms with Crippen molar-refractivity contribution in [3.8, 4) is 0 Å². The van der Waals surface area contributed by atoms with Gasteiger partial charge in [-0.2, -0.15) is 0 Å². The Balaban J connectivity index is 2.18. The monoisotopic (exact) mass is 311 g/mol. The first-order valence-corrected chi connectivity index (χ1v) is 8.37. The van der Waals surface area contributed by atoms with E-state index in [1.54, 1.807) is 19.1 Å². The van der Waals surface area contributed by atoms with Gasteiger partial charge in [-0.25, -0.2) is 13.4 Å². The van der Waals surface area contributed by atoms with Crippen molar-refractivity contribution in [1.29, 1.82) is 0 Å². The molecule has 0 radical (unpaired) electrons. The Bertz CT molecular complexity index is 724. The zero-order valence-corrected chi connectivity index (χ0v) is 12.5. The van der Waals surface area contributed by atoms with E-state index in [-0.39, 0.29) is 11.0 Å². The largest absolute Gasteiger partial charge is 0.321 e. The number of aromatic nitrogens is 1. The molecule has 0 spiro atoms. The fraction of sp³-hybridized carbons (Fsp3) is 0.167. The molecular formula is C12H13N3O3S2. The van der Waals surface area contributed by atoms with Crippen LogP contribution in [0.4, 0.5) is 10.8 Å². The molecule has 20 heavy (non-hydrogen) atoms. The minimum Gasteiger partial charge on any atom is -0.321 e. The van der Waals surface area contributed by atoms with Gasteiger partial charge in [0.05, 0.1) is 11.9 Å². The summed E-state index contributed by atoms with van der Waals surface area (Å²) in [7, 11) is -3.40. The molecule has 2 N–H and O–H groups in total. The number of anilines is 2. The molecule has 0 atom stereocenters. The maximum absolute atomic E-state index is 12.1. The van der Waals surface area contributed by atoms with Crippen molar-refractivity contribution in [2.45, 2.75) is 6.92 Å². The molecule has 0 aliphatic carbocycles. The average molecular weight is 311 g/mol. The van der Waals surface area contributed by atoms with Crippen LogP contribution in [0.2, 0.25) is 0 Å². The molecule has 1 amide bonds. The predicted octanol–water partition coefficient (Wildman–Crippen LogP) is 2.08. The van der Waals surface area contributed by atoms with E-state index in [9.17, 15) is 13.2 Å². The van der Waals surface area contributed by atoms with Gasteiger partial charge in [0.2, 0.25) is 10.0 Å². The van der Waals surface area contributed by atoms with Crippen molar-refractivity contribution in [1.82, 2.24) is 4.98 Å². The molecule has 0 saturated carbocycles. The SMILES string of the molecule is Cc1nc(NS(C)(=O)=O)sc1C(=O)Nc1ccccc1. The van der Waals surface area contributed by atoms with Gasteiger partial charge in [0.15, 0.2) is 5.13 Å². The Kier molecular flexibility index (Phi) is 4.05. The van der Waals surface area contributed by atoms with Gasteiger partial charge < -0.3 is 5.32 Å². The third kappa shape index (κ3) is 3.78. The second-order valence-corrected chi connectivity index (χ2v) is 6.88. The van der Waals surface area contributed by atoms with Gasteiger partial charge in [-0.15, -0.1) is 0 Å². The van der Waals surface area contributed by atoms with Crippen molar-refractivity contribution in [3.05, 3.63) is 40.9 Å². The maximum Gasteiger partial charge on any atom is 0.267 e. The van der Waals surface area contributed by atoms with Crippen LogP contribution in [-0.4, -0.2) is 25.6 Å². The van der Waals surface area contributed by atoms with Gasteiger partial charge in [-0.05, 0) is 19.1 Å². The number of hydrogen-bond acceptors (Lipinski definition) is 5. The standard InChI is InChI=1S/C12H13N3O3S2/c1-8-10(19-12(13-8)15-20(2,17)18)11(16)14-9-6-4-3-5-7-9/h3-7H,1-2H3,(H,13,15)(H,14,16). The lowest BCUT2D eigenvalue weighted by molar-refractivity contribution is 0.103. The highest BCUT2D eigenvalue weighted by molar-refractivity contribution is 7.92. The first-order valence-electron chi connectivity index (χ1n) is 5.67. The van der Waals surface area contributed by atoms with Crippen molar-refractivity contribution >= 4 is 38.1 Å². The fourth-order valence-corrected chi connectivity index (χ4v) is 3.22. The van der Waals surface area contributed by atoms with Crippen molar-refractivity contribution in [2.75, 3.05) is 16.3 Å². The summed E-state index contributed by atoms with van der Waals surface area (Å²) in [6, 6.07) is 9.01. The van der Waals surface area contributed by atoms with E-state index < -0.39 is 10.0 Å². The highest BCUT2D eigenvalue weighted by Gasteiger charge is 2.17. The fourth-order valence-electron chi connectivity index (χ4n) is 1.52.